The molecule has 0 fully saturated rings. The van der Waals surface area contributed by atoms with E-state index in [1.165, 1.54) is 0 Å². The molecule has 0 bridgehead atoms. The molecule has 0 unspecified atom stereocenters. The summed E-state index contributed by atoms with van der Waals surface area (Å²) in [6.07, 6.45) is 0. The van der Waals surface area contributed by atoms with E-state index in [4.69, 9.17) is 5.11 Å². The van der Waals surface area contributed by atoms with Crippen molar-refractivity contribution >= 4 is 11.7 Å². The van der Waals surface area contributed by atoms with Gasteiger partial charge in [0.25, 0.3) is 5.91 Å². The first-order chi connectivity index (χ1) is 6.27. The van der Waals surface area contributed by atoms with Crippen LogP contribution in [-0.2, 0) is 0 Å². The standard InChI is InChI=1S/C7H12N4O2/c1-8-6-4-5(10-11-6)7(13)9-2-3-12/h4,12H,2-3H2,1H3,(H,9,13)(H2,8,10,11). The summed E-state index contributed by atoms with van der Waals surface area (Å²) in [6, 6.07) is 1.59. The van der Waals surface area contributed by atoms with Gasteiger partial charge in [0.15, 0.2) is 0 Å². The topological polar surface area (TPSA) is 90.0 Å². The molecule has 72 valence electrons. The fourth-order valence-electron chi connectivity index (χ4n) is 0.831. The number of nitrogens with one attached hydrogen (secondary N) is 3. The SMILES string of the molecule is CNc1cc(C(=O)NCCO)[nH]n1. The smallest absolute Gasteiger partial charge is 0.269 e. The van der Waals surface area contributed by atoms with Gasteiger partial charge in [-0.15, -0.1) is 0 Å². The Balaban J connectivity index is 2.55. The molecule has 6 nitrogen and oxygen atoms in total. The Morgan fingerprint density at radius 3 is 3.08 bits per heavy atom. The number of carbonyl (C=O) groups is 1. The van der Waals surface area contributed by atoms with E-state index in [1.54, 1.807) is 13.1 Å². The number of nitrogens with zero attached hydrogens (tertiary/aromatic N) is 1. The molecule has 0 radical (unpaired) electrons. The molecular weight excluding hydrogens is 172 g/mol. The number of aliphatic hydroxyl groups is 1. The van der Waals surface area contributed by atoms with Gasteiger partial charge in [-0.25, -0.2) is 0 Å². The molecule has 1 aromatic heterocycles. The predicted molar refractivity (Wildman–Crippen MR) is 47.6 cm³/mol. The first-order valence-electron chi connectivity index (χ1n) is 3.90. The maximum atomic E-state index is 11.2. The van der Waals surface area contributed by atoms with Crippen LogP contribution in [0, 0.1) is 0 Å². The van der Waals surface area contributed by atoms with Gasteiger partial charge in [-0.3, -0.25) is 9.89 Å². The Kier molecular flexibility index (Phi) is 3.27. The summed E-state index contributed by atoms with van der Waals surface area (Å²) in [4.78, 5) is 11.2. The molecule has 0 saturated heterocycles. The Bertz CT molecular complexity index is 284. The number of hydrogen-bond donors (Lipinski definition) is 4. The molecule has 0 aliphatic carbocycles. The lowest BCUT2D eigenvalue weighted by Crippen LogP contribution is -2.26. The number of carbonyl (C=O) groups excluding carboxylic acids is 1. The second kappa shape index (κ2) is 4.46. The monoisotopic (exact) mass is 184 g/mol. The first-order valence-corrected chi connectivity index (χ1v) is 3.90. The van der Waals surface area contributed by atoms with Crippen LogP contribution in [0.1, 0.15) is 10.5 Å². The van der Waals surface area contributed by atoms with Crippen molar-refractivity contribution in [2.24, 2.45) is 0 Å². The van der Waals surface area contributed by atoms with Gasteiger partial charge < -0.3 is 15.7 Å². The van der Waals surface area contributed by atoms with Gasteiger partial charge in [0, 0.05) is 19.7 Å². The fraction of sp³-hybridized carbons (Fsp3) is 0.429. The number of aromatic nitrogens is 2. The van der Waals surface area contributed by atoms with Crippen LogP contribution in [0.15, 0.2) is 6.07 Å². The molecule has 1 amide bonds. The van der Waals surface area contributed by atoms with Gasteiger partial charge in [-0.2, -0.15) is 5.10 Å². The highest BCUT2D eigenvalue weighted by Crippen LogP contribution is 2.02. The van der Waals surface area contributed by atoms with Crippen LogP contribution in [-0.4, -0.2) is 41.4 Å². The highest BCUT2D eigenvalue weighted by molar-refractivity contribution is 5.92. The number of amides is 1. The highest BCUT2D eigenvalue weighted by atomic mass is 16.3. The Hall–Kier alpha value is -1.56. The van der Waals surface area contributed by atoms with E-state index in [-0.39, 0.29) is 19.1 Å². The zero-order valence-electron chi connectivity index (χ0n) is 7.29. The van der Waals surface area contributed by atoms with E-state index < -0.39 is 0 Å². The third-order valence-corrected chi connectivity index (χ3v) is 1.48. The lowest BCUT2D eigenvalue weighted by Gasteiger charge is -1.98. The van der Waals surface area contributed by atoms with Crippen molar-refractivity contribution in [3.8, 4) is 0 Å². The summed E-state index contributed by atoms with van der Waals surface area (Å²) >= 11 is 0. The van der Waals surface area contributed by atoms with Crippen LogP contribution < -0.4 is 10.6 Å². The van der Waals surface area contributed by atoms with Crippen LogP contribution >= 0.6 is 0 Å². The largest absolute Gasteiger partial charge is 0.395 e. The second-order valence-electron chi connectivity index (χ2n) is 2.40. The van der Waals surface area contributed by atoms with Gasteiger partial charge in [-0.1, -0.05) is 0 Å². The number of H-pyrrole nitrogens is 1. The Labute approximate surface area is 75.3 Å². The van der Waals surface area contributed by atoms with Gasteiger partial charge >= 0.3 is 0 Å². The minimum absolute atomic E-state index is 0.0707. The van der Waals surface area contributed by atoms with Gasteiger partial charge in [0.1, 0.15) is 11.5 Å². The quantitative estimate of drug-likeness (QED) is 0.492. The van der Waals surface area contributed by atoms with Crippen molar-refractivity contribution in [1.29, 1.82) is 0 Å². The highest BCUT2D eigenvalue weighted by Gasteiger charge is 2.07. The molecule has 0 aliphatic rings. The molecule has 0 spiro atoms. The summed E-state index contributed by atoms with van der Waals surface area (Å²) in [6.45, 7) is 0.172. The van der Waals surface area contributed by atoms with Crippen molar-refractivity contribution in [3.63, 3.8) is 0 Å². The van der Waals surface area contributed by atoms with Gasteiger partial charge in [0.05, 0.1) is 6.61 Å². The molecule has 1 heterocycles. The zero-order valence-corrected chi connectivity index (χ0v) is 7.29. The lowest BCUT2D eigenvalue weighted by molar-refractivity contribution is 0.0940. The third kappa shape index (κ3) is 2.45. The predicted octanol–water partition coefficient (Wildman–Crippen LogP) is -0.827. The van der Waals surface area contributed by atoms with Crippen molar-refractivity contribution in [1.82, 2.24) is 15.5 Å². The van der Waals surface area contributed by atoms with Crippen molar-refractivity contribution < 1.29 is 9.90 Å². The molecule has 1 rings (SSSR count). The molecular formula is C7H12N4O2. The maximum absolute atomic E-state index is 11.2. The van der Waals surface area contributed by atoms with Crippen LogP contribution in [0.4, 0.5) is 5.82 Å². The first kappa shape index (κ1) is 9.53. The van der Waals surface area contributed by atoms with Crippen LogP contribution in [0.3, 0.4) is 0 Å². The molecule has 4 N–H and O–H groups in total. The van der Waals surface area contributed by atoms with Crippen LogP contribution in [0.25, 0.3) is 0 Å². The molecule has 0 atom stereocenters. The third-order valence-electron chi connectivity index (χ3n) is 1.48. The van der Waals surface area contributed by atoms with E-state index in [9.17, 15) is 4.79 Å². The summed E-state index contributed by atoms with van der Waals surface area (Å²) in [5.74, 6) is 0.331. The molecule has 1 aromatic rings. The van der Waals surface area contributed by atoms with Gasteiger partial charge in [-0.05, 0) is 0 Å². The molecule has 6 heteroatoms. The molecule has 0 aromatic carbocycles. The number of anilines is 1. The number of rotatable bonds is 4. The average molecular weight is 184 g/mol. The Morgan fingerprint density at radius 1 is 1.77 bits per heavy atom. The average Bonchev–Trinajstić information content (AvgIpc) is 2.62. The van der Waals surface area contributed by atoms with Crippen LogP contribution in [0.5, 0.6) is 0 Å². The van der Waals surface area contributed by atoms with Crippen molar-refractivity contribution in [2.75, 3.05) is 25.5 Å². The summed E-state index contributed by atoms with van der Waals surface area (Å²) in [5, 5.41) is 20.1. The summed E-state index contributed by atoms with van der Waals surface area (Å²) in [7, 11) is 1.71. The number of aliphatic hydroxyl groups excluding tert-OH is 1. The van der Waals surface area contributed by atoms with Gasteiger partial charge in [0.2, 0.25) is 0 Å². The molecule has 13 heavy (non-hydrogen) atoms. The fourth-order valence-corrected chi connectivity index (χ4v) is 0.831. The number of aromatic amines is 1. The van der Waals surface area contributed by atoms with Crippen molar-refractivity contribution in [3.05, 3.63) is 11.8 Å². The maximum Gasteiger partial charge on any atom is 0.269 e. The van der Waals surface area contributed by atoms with E-state index in [1.807, 2.05) is 0 Å². The minimum Gasteiger partial charge on any atom is -0.395 e. The second-order valence-corrected chi connectivity index (χ2v) is 2.40. The van der Waals surface area contributed by atoms with Crippen LogP contribution in [0.2, 0.25) is 0 Å². The van der Waals surface area contributed by atoms with E-state index in [2.05, 4.69) is 20.8 Å². The molecule has 0 aliphatic heterocycles. The Morgan fingerprint density at radius 2 is 2.54 bits per heavy atom. The molecule has 0 saturated carbocycles. The van der Waals surface area contributed by atoms with Crippen molar-refractivity contribution in [2.45, 2.75) is 0 Å². The normalized spacial score (nSPS) is 9.69. The summed E-state index contributed by atoms with van der Waals surface area (Å²) in [5.41, 5.74) is 0.373. The number of hydrogen-bond acceptors (Lipinski definition) is 4. The summed E-state index contributed by atoms with van der Waals surface area (Å²) < 4.78 is 0. The van der Waals surface area contributed by atoms with E-state index >= 15 is 0 Å². The zero-order chi connectivity index (χ0) is 9.68. The van der Waals surface area contributed by atoms with E-state index in [0.29, 0.717) is 11.5 Å². The van der Waals surface area contributed by atoms with E-state index in [0.717, 1.165) is 0 Å². The lowest BCUT2D eigenvalue weighted by atomic mass is 10.4. The minimum atomic E-state index is -0.275.